The summed E-state index contributed by atoms with van der Waals surface area (Å²) in [6.45, 7) is 1.36. The fourth-order valence-corrected chi connectivity index (χ4v) is 3.55. The SMILES string of the molecule is O=C(Cc1ccc(Br)cc1)N1CCC(Oc2cccc3cccnc23)C1. The van der Waals surface area contributed by atoms with Gasteiger partial charge in [-0.2, -0.15) is 0 Å². The van der Waals surface area contributed by atoms with Gasteiger partial charge in [-0.15, -0.1) is 0 Å². The molecule has 1 aliphatic rings. The van der Waals surface area contributed by atoms with Gasteiger partial charge in [0.15, 0.2) is 0 Å². The third-order valence-electron chi connectivity index (χ3n) is 4.66. The first-order valence-corrected chi connectivity index (χ1v) is 9.51. The Kier molecular flexibility index (Phi) is 4.89. The topological polar surface area (TPSA) is 42.4 Å². The van der Waals surface area contributed by atoms with Gasteiger partial charge in [0.25, 0.3) is 0 Å². The molecule has 1 aliphatic heterocycles. The van der Waals surface area contributed by atoms with Crippen molar-refractivity contribution >= 4 is 32.7 Å². The number of para-hydroxylation sites is 1. The average Bonchev–Trinajstić information content (AvgIpc) is 3.13. The molecule has 1 aromatic heterocycles. The van der Waals surface area contributed by atoms with Gasteiger partial charge in [0.1, 0.15) is 17.4 Å². The molecule has 0 bridgehead atoms. The third kappa shape index (κ3) is 3.73. The van der Waals surface area contributed by atoms with Crippen molar-refractivity contribution in [3.63, 3.8) is 0 Å². The Morgan fingerprint density at radius 2 is 1.96 bits per heavy atom. The number of aromatic nitrogens is 1. The lowest BCUT2D eigenvalue weighted by Crippen LogP contribution is -2.32. The lowest BCUT2D eigenvalue weighted by molar-refractivity contribution is -0.129. The van der Waals surface area contributed by atoms with Gasteiger partial charge < -0.3 is 9.64 Å². The summed E-state index contributed by atoms with van der Waals surface area (Å²) in [5, 5.41) is 1.06. The van der Waals surface area contributed by atoms with Gasteiger partial charge in [-0.3, -0.25) is 9.78 Å². The Labute approximate surface area is 160 Å². The summed E-state index contributed by atoms with van der Waals surface area (Å²) in [6.07, 6.45) is 3.06. The average molecular weight is 411 g/mol. The Balaban J connectivity index is 1.40. The van der Waals surface area contributed by atoms with Crippen LogP contribution in [0.15, 0.2) is 65.3 Å². The van der Waals surface area contributed by atoms with Crippen LogP contribution in [0.25, 0.3) is 10.9 Å². The number of fused-ring (bicyclic) bond motifs is 1. The number of hydrogen-bond donors (Lipinski definition) is 0. The maximum absolute atomic E-state index is 12.6. The van der Waals surface area contributed by atoms with Crippen LogP contribution in [0.3, 0.4) is 0 Å². The van der Waals surface area contributed by atoms with Crippen LogP contribution in [0.4, 0.5) is 0 Å². The fourth-order valence-electron chi connectivity index (χ4n) is 3.29. The zero-order valence-electron chi connectivity index (χ0n) is 14.3. The van der Waals surface area contributed by atoms with E-state index in [9.17, 15) is 4.79 Å². The van der Waals surface area contributed by atoms with E-state index in [-0.39, 0.29) is 12.0 Å². The molecule has 1 atom stereocenters. The summed E-state index contributed by atoms with van der Waals surface area (Å²) in [7, 11) is 0. The summed E-state index contributed by atoms with van der Waals surface area (Å²) in [5.41, 5.74) is 1.90. The zero-order chi connectivity index (χ0) is 17.9. The lowest BCUT2D eigenvalue weighted by atomic mass is 10.1. The van der Waals surface area contributed by atoms with E-state index >= 15 is 0 Å². The minimum atomic E-state index is 0.0106. The molecule has 1 saturated heterocycles. The van der Waals surface area contributed by atoms with Crippen LogP contribution < -0.4 is 4.74 Å². The molecule has 1 fully saturated rings. The molecule has 0 spiro atoms. The van der Waals surface area contributed by atoms with Crippen molar-refractivity contribution in [2.75, 3.05) is 13.1 Å². The van der Waals surface area contributed by atoms with Crippen LogP contribution in [0.1, 0.15) is 12.0 Å². The molecular weight excluding hydrogens is 392 g/mol. The summed E-state index contributed by atoms with van der Waals surface area (Å²) < 4.78 is 7.19. The maximum atomic E-state index is 12.6. The minimum absolute atomic E-state index is 0.0106. The van der Waals surface area contributed by atoms with E-state index in [1.807, 2.05) is 59.5 Å². The number of nitrogens with zero attached hydrogens (tertiary/aromatic N) is 2. The van der Waals surface area contributed by atoms with Crippen LogP contribution in [-0.2, 0) is 11.2 Å². The molecule has 3 aromatic rings. The molecule has 4 nitrogen and oxygen atoms in total. The predicted molar refractivity (Wildman–Crippen MR) is 105 cm³/mol. The van der Waals surface area contributed by atoms with Crippen LogP contribution in [0, 0.1) is 0 Å². The standard InChI is InChI=1S/C21H19BrN2O2/c22-17-8-6-15(7-9-17)13-20(25)24-12-10-18(14-24)26-19-5-1-3-16-4-2-11-23-21(16)19/h1-9,11,18H,10,12-14H2. The molecule has 0 saturated carbocycles. The van der Waals surface area contributed by atoms with Gasteiger partial charge >= 0.3 is 0 Å². The molecule has 0 radical (unpaired) electrons. The normalized spacial score (nSPS) is 16.8. The van der Waals surface area contributed by atoms with Gasteiger partial charge in [0.2, 0.25) is 5.91 Å². The highest BCUT2D eigenvalue weighted by Gasteiger charge is 2.28. The Hall–Kier alpha value is -2.40. The summed E-state index contributed by atoms with van der Waals surface area (Å²) in [6, 6.07) is 17.8. The van der Waals surface area contributed by atoms with Gasteiger partial charge in [0, 0.05) is 29.0 Å². The predicted octanol–water partition coefficient (Wildman–Crippen LogP) is 4.22. The lowest BCUT2D eigenvalue weighted by Gasteiger charge is -2.18. The Bertz CT molecular complexity index is 921. The van der Waals surface area contributed by atoms with Crippen LogP contribution in [0.2, 0.25) is 0 Å². The van der Waals surface area contributed by atoms with Crippen molar-refractivity contribution in [3.8, 4) is 5.75 Å². The highest BCUT2D eigenvalue weighted by Crippen LogP contribution is 2.26. The van der Waals surface area contributed by atoms with Crippen molar-refractivity contribution in [3.05, 3.63) is 70.8 Å². The second-order valence-electron chi connectivity index (χ2n) is 6.50. The molecule has 2 heterocycles. The number of rotatable bonds is 4. The number of amides is 1. The second kappa shape index (κ2) is 7.46. The molecule has 26 heavy (non-hydrogen) atoms. The van der Waals surface area contributed by atoms with Crippen molar-refractivity contribution in [2.45, 2.75) is 18.9 Å². The van der Waals surface area contributed by atoms with Crippen LogP contribution in [-0.4, -0.2) is 35.0 Å². The van der Waals surface area contributed by atoms with E-state index in [2.05, 4.69) is 20.9 Å². The molecule has 0 aliphatic carbocycles. The molecule has 5 heteroatoms. The van der Waals surface area contributed by atoms with E-state index in [0.717, 1.165) is 39.7 Å². The number of benzene rings is 2. The quantitative estimate of drug-likeness (QED) is 0.646. The zero-order valence-corrected chi connectivity index (χ0v) is 15.9. The molecule has 4 rings (SSSR count). The van der Waals surface area contributed by atoms with Gasteiger partial charge in [0.05, 0.1) is 13.0 Å². The molecule has 0 N–H and O–H groups in total. The number of pyridine rings is 1. The van der Waals surface area contributed by atoms with Gasteiger partial charge in [-0.05, 0) is 29.8 Å². The maximum Gasteiger partial charge on any atom is 0.227 e. The van der Waals surface area contributed by atoms with Crippen molar-refractivity contribution in [1.82, 2.24) is 9.88 Å². The Morgan fingerprint density at radius 3 is 2.81 bits per heavy atom. The van der Waals surface area contributed by atoms with Crippen LogP contribution >= 0.6 is 15.9 Å². The Morgan fingerprint density at radius 1 is 1.15 bits per heavy atom. The molecule has 2 aromatic carbocycles. The van der Waals surface area contributed by atoms with E-state index in [1.165, 1.54) is 0 Å². The fraction of sp³-hybridized carbons (Fsp3) is 0.238. The number of carbonyl (C=O) groups excluding carboxylic acids is 1. The molecular formula is C21H19BrN2O2. The first-order valence-electron chi connectivity index (χ1n) is 8.72. The van der Waals surface area contributed by atoms with Crippen molar-refractivity contribution in [2.24, 2.45) is 0 Å². The van der Waals surface area contributed by atoms with Crippen molar-refractivity contribution in [1.29, 1.82) is 0 Å². The first kappa shape index (κ1) is 17.0. The number of halogens is 1. The molecule has 132 valence electrons. The van der Waals surface area contributed by atoms with Gasteiger partial charge in [-0.25, -0.2) is 0 Å². The molecule has 1 unspecified atom stereocenters. The number of hydrogen-bond acceptors (Lipinski definition) is 3. The highest BCUT2D eigenvalue weighted by molar-refractivity contribution is 9.10. The van der Waals surface area contributed by atoms with E-state index in [0.29, 0.717) is 13.0 Å². The van der Waals surface area contributed by atoms with E-state index in [1.54, 1.807) is 6.20 Å². The number of ether oxygens (including phenoxy) is 1. The number of likely N-dealkylation sites (tertiary alicyclic amines) is 1. The summed E-state index contributed by atoms with van der Waals surface area (Å²) in [4.78, 5) is 18.9. The van der Waals surface area contributed by atoms with E-state index < -0.39 is 0 Å². The van der Waals surface area contributed by atoms with Crippen molar-refractivity contribution < 1.29 is 9.53 Å². The summed E-state index contributed by atoms with van der Waals surface area (Å²) in [5.74, 6) is 0.935. The smallest absolute Gasteiger partial charge is 0.227 e. The number of carbonyl (C=O) groups is 1. The summed E-state index contributed by atoms with van der Waals surface area (Å²) >= 11 is 3.42. The first-order chi connectivity index (χ1) is 12.7. The highest BCUT2D eigenvalue weighted by atomic mass is 79.9. The monoisotopic (exact) mass is 410 g/mol. The van der Waals surface area contributed by atoms with Gasteiger partial charge in [-0.1, -0.05) is 46.3 Å². The second-order valence-corrected chi connectivity index (χ2v) is 7.42. The van der Waals surface area contributed by atoms with Crippen LogP contribution in [0.5, 0.6) is 5.75 Å². The third-order valence-corrected chi connectivity index (χ3v) is 5.18. The van der Waals surface area contributed by atoms with E-state index in [4.69, 9.17) is 4.74 Å². The molecule has 1 amide bonds. The largest absolute Gasteiger partial charge is 0.486 e. The minimum Gasteiger partial charge on any atom is -0.486 e.